The minimum absolute atomic E-state index is 0.00900. The molecule has 7 rings (SSSR count). The average molecular weight is 418 g/mol. The Kier molecular flexibility index (Phi) is 4.28. The Bertz CT molecular complexity index is 765. The molecule has 0 aromatic rings. The first-order valence-electron chi connectivity index (χ1n) is 12.1. The van der Waals surface area contributed by atoms with Crippen molar-refractivity contribution in [1.82, 2.24) is 4.90 Å². The SMILES string of the molecule is C[C@]12CCC[C@@]3(C(=O)OC1)C1C[C@H]4CCC1(C(=O)[C@H]4CN1CCOCC1)[C@H](O)CC23. The molecular weight excluding hydrogens is 382 g/mol. The second kappa shape index (κ2) is 6.52. The van der Waals surface area contributed by atoms with Gasteiger partial charge in [-0.2, -0.15) is 0 Å². The highest BCUT2D eigenvalue weighted by Crippen LogP contribution is 2.72. The van der Waals surface area contributed by atoms with Gasteiger partial charge in [-0.15, -0.1) is 0 Å². The first-order valence-corrected chi connectivity index (χ1v) is 12.1. The molecule has 3 unspecified atom stereocenters. The number of ketones is 1. The number of cyclic esters (lactones) is 1. The molecule has 1 spiro atoms. The number of hydrogen-bond donors (Lipinski definition) is 1. The van der Waals surface area contributed by atoms with Crippen LogP contribution >= 0.6 is 0 Å². The molecule has 2 heterocycles. The van der Waals surface area contributed by atoms with Crippen LogP contribution in [-0.2, 0) is 19.1 Å². The third kappa shape index (κ3) is 2.31. The molecule has 0 amide bonds. The van der Waals surface area contributed by atoms with Gasteiger partial charge >= 0.3 is 5.97 Å². The van der Waals surface area contributed by atoms with Crippen molar-refractivity contribution >= 4 is 11.8 Å². The Morgan fingerprint density at radius 3 is 2.67 bits per heavy atom. The van der Waals surface area contributed by atoms with Crippen molar-refractivity contribution in [3.05, 3.63) is 0 Å². The number of nitrogens with zero attached hydrogens (tertiary/aromatic N) is 1. The standard InChI is InChI=1S/C24H35NO5/c1-22-4-2-5-23(21(28)30-14-22)17(22)12-19(26)24-6-3-15(11-18(23)24)16(20(24)27)13-25-7-9-29-10-8-25/h15-19,26H,2-14H2,1H3/t15-,16+,17?,18?,19-,22+,23+,24?/m1/s1. The lowest BCUT2D eigenvalue weighted by molar-refractivity contribution is -0.262. The van der Waals surface area contributed by atoms with Gasteiger partial charge in [-0.05, 0) is 56.3 Å². The van der Waals surface area contributed by atoms with Crippen molar-refractivity contribution in [2.45, 2.75) is 58.0 Å². The smallest absolute Gasteiger partial charge is 0.312 e. The first-order chi connectivity index (χ1) is 14.4. The lowest BCUT2D eigenvalue weighted by Crippen LogP contribution is -2.74. The number of aliphatic hydroxyl groups excluding tert-OH is 1. The minimum atomic E-state index is -0.739. The van der Waals surface area contributed by atoms with E-state index in [1.165, 1.54) is 0 Å². The van der Waals surface area contributed by atoms with Crippen molar-refractivity contribution in [1.29, 1.82) is 0 Å². The molecule has 7 aliphatic rings. The van der Waals surface area contributed by atoms with Crippen LogP contribution in [0.25, 0.3) is 0 Å². The zero-order chi connectivity index (χ0) is 20.7. The number of fused-ring (bicyclic) bond motifs is 2. The fraction of sp³-hybridized carbons (Fsp3) is 0.917. The summed E-state index contributed by atoms with van der Waals surface area (Å²) in [5.74, 6) is 0.619. The predicted molar refractivity (Wildman–Crippen MR) is 108 cm³/mol. The molecule has 0 radical (unpaired) electrons. The maximum atomic E-state index is 14.1. The fourth-order valence-electron chi connectivity index (χ4n) is 9.00. The summed E-state index contributed by atoms with van der Waals surface area (Å²) in [5, 5.41) is 11.6. The number of ether oxygens (including phenoxy) is 2. The average Bonchev–Trinajstić information content (AvgIpc) is 2.75. The summed E-state index contributed by atoms with van der Waals surface area (Å²) in [6, 6.07) is 0. The first kappa shape index (κ1) is 19.7. The number of carbonyl (C=O) groups excluding carboxylic acids is 2. The quantitative estimate of drug-likeness (QED) is 0.693. The Hall–Kier alpha value is -0.980. The minimum Gasteiger partial charge on any atom is -0.465 e. The number of hydrogen-bond acceptors (Lipinski definition) is 6. The Labute approximate surface area is 178 Å². The van der Waals surface area contributed by atoms with Gasteiger partial charge in [0.05, 0.1) is 36.8 Å². The molecule has 2 saturated heterocycles. The highest BCUT2D eigenvalue weighted by atomic mass is 16.5. The summed E-state index contributed by atoms with van der Waals surface area (Å²) >= 11 is 0. The lowest BCUT2D eigenvalue weighted by Gasteiger charge is -2.70. The Morgan fingerprint density at radius 1 is 1.07 bits per heavy atom. The van der Waals surface area contributed by atoms with Gasteiger partial charge in [-0.1, -0.05) is 13.3 Å². The van der Waals surface area contributed by atoms with E-state index in [1.54, 1.807) is 0 Å². The van der Waals surface area contributed by atoms with Gasteiger partial charge < -0.3 is 14.6 Å². The van der Waals surface area contributed by atoms with E-state index in [0.29, 0.717) is 18.9 Å². The van der Waals surface area contributed by atoms with Gasteiger partial charge in [0, 0.05) is 31.0 Å². The number of esters is 1. The molecule has 0 aromatic heterocycles. The maximum absolute atomic E-state index is 14.1. The van der Waals surface area contributed by atoms with E-state index >= 15 is 0 Å². The van der Waals surface area contributed by atoms with Crippen LogP contribution < -0.4 is 0 Å². The number of aliphatic hydroxyl groups is 1. The van der Waals surface area contributed by atoms with E-state index in [9.17, 15) is 14.7 Å². The van der Waals surface area contributed by atoms with Crippen molar-refractivity contribution < 1.29 is 24.2 Å². The van der Waals surface area contributed by atoms with E-state index in [0.717, 1.165) is 71.4 Å². The summed E-state index contributed by atoms with van der Waals surface area (Å²) in [4.78, 5) is 29.8. The Morgan fingerprint density at radius 2 is 1.87 bits per heavy atom. The zero-order valence-electron chi connectivity index (χ0n) is 18.1. The highest BCUT2D eigenvalue weighted by Gasteiger charge is 2.76. The van der Waals surface area contributed by atoms with Crippen LogP contribution in [0.1, 0.15) is 51.9 Å². The van der Waals surface area contributed by atoms with Crippen molar-refractivity contribution in [3.8, 4) is 0 Å². The van der Waals surface area contributed by atoms with Gasteiger partial charge in [0.25, 0.3) is 0 Å². The molecular formula is C24H35NO5. The molecule has 8 atom stereocenters. The Balaban J connectivity index is 1.38. The van der Waals surface area contributed by atoms with Gasteiger partial charge in [-0.25, -0.2) is 0 Å². The molecule has 1 N–H and O–H groups in total. The maximum Gasteiger partial charge on any atom is 0.312 e. The van der Waals surface area contributed by atoms with Crippen molar-refractivity contribution in [2.24, 2.45) is 39.9 Å². The molecule has 5 aliphatic carbocycles. The summed E-state index contributed by atoms with van der Waals surface area (Å²) < 4.78 is 11.3. The molecule has 6 nitrogen and oxygen atoms in total. The van der Waals surface area contributed by atoms with E-state index in [4.69, 9.17) is 9.47 Å². The lowest BCUT2D eigenvalue weighted by atomic mass is 9.34. The van der Waals surface area contributed by atoms with E-state index in [2.05, 4.69) is 11.8 Å². The van der Waals surface area contributed by atoms with Gasteiger partial charge in [0.15, 0.2) is 0 Å². The third-order valence-electron chi connectivity index (χ3n) is 10.4. The molecule has 4 bridgehead atoms. The normalized spacial score (nSPS) is 53.1. The molecule has 0 aromatic carbocycles. The summed E-state index contributed by atoms with van der Waals surface area (Å²) in [7, 11) is 0. The summed E-state index contributed by atoms with van der Waals surface area (Å²) in [6.07, 6.45) is 5.53. The van der Waals surface area contributed by atoms with Crippen LogP contribution in [-0.4, -0.2) is 67.3 Å². The molecule has 6 heteroatoms. The van der Waals surface area contributed by atoms with Gasteiger partial charge in [0.2, 0.25) is 0 Å². The third-order valence-corrected chi connectivity index (χ3v) is 10.4. The number of Topliss-reactive ketones (excluding diaryl/α,β-unsaturated/α-hetero) is 1. The summed E-state index contributed by atoms with van der Waals surface area (Å²) in [6.45, 7) is 6.73. The van der Waals surface area contributed by atoms with Crippen LogP contribution in [0.15, 0.2) is 0 Å². The van der Waals surface area contributed by atoms with Crippen molar-refractivity contribution in [2.75, 3.05) is 39.5 Å². The molecule has 166 valence electrons. The molecule has 30 heavy (non-hydrogen) atoms. The van der Waals surface area contributed by atoms with Crippen LogP contribution in [0.5, 0.6) is 0 Å². The van der Waals surface area contributed by atoms with Crippen LogP contribution in [0, 0.1) is 39.9 Å². The number of rotatable bonds is 2. The largest absolute Gasteiger partial charge is 0.465 e. The summed E-state index contributed by atoms with van der Waals surface area (Å²) in [5.41, 5.74) is -1.35. The molecule has 2 aliphatic heterocycles. The van der Waals surface area contributed by atoms with Gasteiger partial charge in [-0.3, -0.25) is 14.5 Å². The van der Waals surface area contributed by atoms with Gasteiger partial charge in [0.1, 0.15) is 5.78 Å². The van der Waals surface area contributed by atoms with Crippen LogP contribution in [0.3, 0.4) is 0 Å². The number of carbonyl (C=O) groups is 2. The van der Waals surface area contributed by atoms with E-state index in [1.807, 2.05) is 0 Å². The monoisotopic (exact) mass is 417 g/mol. The second-order valence-electron chi connectivity index (χ2n) is 11.4. The highest BCUT2D eigenvalue weighted by molar-refractivity contribution is 5.92. The molecule has 5 saturated carbocycles. The van der Waals surface area contributed by atoms with Crippen LogP contribution in [0.4, 0.5) is 0 Å². The van der Waals surface area contributed by atoms with E-state index < -0.39 is 16.9 Å². The zero-order valence-corrected chi connectivity index (χ0v) is 18.1. The second-order valence-corrected chi connectivity index (χ2v) is 11.4. The van der Waals surface area contributed by atoms with Crippen LogP contribution in [0.2, 0.25) is 0 Å². The fourth-order valence-corrected chi connectivity index (χ4v) is 9.00. The van der Waals surface area contributed by atoms with E-state index in [-0.39, 0.29) is 34.9 Å². The topological polar surface area (TPSA) is 76.1 Å². The van der Waals surface area contributed by atoms with Crippen molar-refractivity contribution in [3.63, 3.8) is 0 Å². The molecule has 7 fully saturated rings. The predicted octanol–water partition coefficient (Wildman–Crippen LogP) is 2.03. The number of morpholine rings is 1.